The first-order chi connectivity index (χ1) is 12.1. The van der Waals surface area contributed by atoms with Crippen molar-refractivity contribution in [1.82, 2.24) is 14.7 Å². The monoisotopic (exact) mass is 340 g/mol. The predicted molar refractivity (Wildman–Crippen MR) is 101 cm³/mol. The maximum atomic E-state index is 12.2. The highest BCUT2D eigenvalue weighted by Gasteiger charge is 2.21. The second kappa shape index (κ2) is 8.30. The number of aromatic nitrogens is 2. The Morgan fingerprint density at radius 2 is 2.20 bits per heavy atom. The van der Waals surface area contributed by atoms with Crippen LogP contribution in [0.1, 0.15) is 30.4 Å². The van der Waals surface area contributed by atoms with Crippen LogP contribution >= 0.6 is 0 Å². The van der Waals surface area contributed by atoms with Crippen molar-refractivity contribution in [1.29, 1.82) is 0 Å². The van der Waals surface area contributed by atoms with Gasteiger partial charge in [0.05, 0.1) is 18.4 Å². The third-order valence-corrected chi connectivity index (χ3v) is 5.04. The summed E-state index contributed by atoms with van der Waals surface area (Å²) in [6, 6.07) is 8.64. The van der Waals surface area contributed by atoms with Gasteiger partial charge in [-0.25, -0.2) is 0 Å². The topological polar surface area (TPSA) is 50.2 Å². The van der Waals surface area contributed by atoms with E-state index in [0.717, 1.165) is 25.2 Å². The molecule has 0 saturated carbocycles. The van der Waals surface area contributed by atoms with Crippen LogP contribution in [-0.2, 0) is 18.3 Å². The lowest BCUT2D eigenvalue weighted by Gasteiger charge is -2.32. The van der Waals surface area contributed by atoms with E-state index in [2.05, 4.69) is 46.5 Å². The number of hydrogen-bond acceptors (Lipinski definition) is 3. The number of nitrogens with zero attached hydrogens (tertiary/aromatic N) is 3. The zero-order valence-electron chi connectivity index (χ0n) is 15.2. The van der Waals surface area contributed by atoms with Gasteiger partial charge >= 0.3 is 0 Å². The summed E-state index contributed by atoms with van der Waals surface area (Å²) in [4.78, 5) is 14.5. The van der Waals surface area contributed by atoms with E-state index in [1.807, 2.05) is 13.2 Å². The molecule has 1 N–H and O–H groups in total. The van der Waals surface area contributed by atoms with Gasteiger partial charge in [-0.3, -0.25) is 14.4 Å². The molecule has 1 aromatic heterocycles. The van der Waals surface area contributed by atoms with E-state index in [-0.39, 0.29) is 5.91 Å². The number of anilines is 1. The number of benzene rings is 1. The first-order valence-electron chi connectivity index (χ1n) is 9.15. The summed E-state index contributed by atoms with van der Waals surface area (Å²) in [6.45, 7) is 4.69. The molecule has 1 fully saturated rings. The van der Waals surface area contributed by atoms with Gasteiger partial charge in [-0.05, 0) is 56.2 Å². The lowest BCUT2D eigenvalue weighted by atomic mass is 9.90. The molecular weight excluding hydrogens is 312 g/mol. The van der Waals surface area contributed by atoms with Gasteiger partial charge in [0.1, 0.15) is 0 Å². The Kier molecular flexibility index (Phi) is 5.87. The Bertz CT molecular complexity index is 709. The molecule has 2 heterocycles. The molecule has 2 aromatic rings. The zero-order chi connectivity index (χ0) is 17.6. The van der Waals surface area contributed by atoms with Crippen molar-refractivity contribution >= 4 is 11.6 Å². The number of nitrogens with one attached hydrogen (secondary N) is 1. The molecular formula is C20H28N4O. The Hall–Kier alpha value is -2.14. The normalized spacial score (nSPS) is 18.2. The standard InChI is InChI=1S/C20H28N4O/c1-16-6-3-4-8-18(16)10-9-17-7-5-11-24(13-17)15-20(25)22-19-12-21-23(2)14-19/h3-4,6,8,12,14,17H,5,7,9-11,13,15H2,1-2H3,(H,22,25)/t17-/m0/s1. The number of piperidine rings is 1. The lowest BCUT2D eigenvalue weighted by molar-refractivity contribution is -0.117. The van der Waals surface area contributed by atoms with E-state index in [1.165, 1.54) is 30.4 Å². The molecule has 1 atom stereocenters. The minimum Gasteiger partial charge on any atom is -0.322 e. The molecule has 0 unspecified atom stereocenters. The molecule has 0 radical (unpaired) electrons. The van der Waals surface area contributed by atoms with Crippen molar-refractivity contribution in [3.05, 3.63) is 47.8 Å². The van der Waals surface area contributed by atoms with Crippen LogP contribution in [0.4, 0.5) is 5.69 Å². The summed E-state index contributed by atoms with van der Waals surface area (Å²) in [5.41, 5.74) is 3.60. The average Bonchev–Trinajstić information content (AvgIpc) is 2.99. The van der Waals surface area contributed by atoms with Crippen molar-refractivity contribution < 1.29 is 4.79 Å². The third kappa shape index (κ3) is 5.16. The van der Waals surface area contributed by atoms with Crippen LogP contribution in [0.5, 0.6) is 0 Å². The van der Waals surface area contributed by atoms with Crippen molar-refractivity contribution in [2.24, 2.45) is 13.0 Å². The number of hydrogen-bond donors (Lipinski definition) is 1. The molecule has 5 nitrogen and oxygen atoms in total. The van der Waals surface area contributed by atoms with Crippen molar-refractivity contribution in [3.8, 4) is 0 Å². The van der Waals surface area contributed by atoms with Crippen LogP contribution in [0.25, 0.3) is 0 Å². The number of likely N-dealkylation sites (tertiary alicyclic amines) is 1. The summed E-state index contributed by atoms with van der Waals surface area (Å²) < 4.78 is 1.69. The molecule has 25 heavy (non-hydrogen) atoms. The highest BCUT2D eigenvalue weighted by Crippen LogP contribution is 2.22. The fourth-order valence-corrected chi connectivity index (χ4v) is 3.67. The molecule has 1 aromatic carbocycles. The maximum absolute atomic E-state index is 12.2. The molecule has 1 aliphatic rings. The van der Waals surface area contributed by atoms with Crippen molar-refractivity contribution in [2.75, 3.05) is 25.0 Å². The average molecular weight is 340 g/mol. The van der Waals surface area contributed by atoms with Crippen molar-refractivity contribution in [2.45, 2.75) is 32.6 Å². The molecule has 0 spiro atoms. The van der Waals surface area contributed by atoms with E-state index in [1.54, 1.807) is 10.9 Å². The molecule has 5 heteroatoms. The van der Waals surface area contributed by atoms with Gasteiger partial charge in [-0.2, -0.15) is 5.10 Å². The summed E-state index contributed by atoms with van der Waals surface area (Å²) in [5, 5.41) is 7.00. The molecule has 134 valence electrons. The van der Waals surface area contributed by atoms with Gasteiger partial charge in [0.2, 0.25) is 5.91 Å². The second-order valence-electron chi connectivity index (χ2n) is 7.16. The number of carbonyl (C=O) groups excluding carboxylic acids is 1. The van der Waals surface area contributed by atoms with Crippen LogP contribution in [0.3, 0.4) is 0 Å². The van der Waals surface area contributed by atoms with Crippen LogP contribution in [0, 0.1) is 12.8 Å². The first kappa shape index (κ1) is 17.7. The highest BCUT2D eigenvalue weighted by molar-refractivity contribution is 5.91. The Labute approximate surface area is 150 Å². The van der Waals surface area contributed by atoms with Gasteiger partial charge in [0, 0.05) is 19.8 Å². The largest absolute Gasteiger partial charge is 0.322 e. The highest BCUT2D eigenvalue weighted by atomic mass is 16.2. The number of carbonyl (C=O) groups is 1. The number of aryl methyl sites for hydroxylation is 3. The number of rotatable bonds is 6. The van der Waals surface area contributed by atoms with Gasteiger partial charge in [0.15, 0.2) is 0 Å². The molecule has 1 aliphatic heterocycles. The summed E-state index contributed by atoms with van der Waals surface area (Å²) in [6.07, 6.45) is 8.28. The number of amides is 1. The minimum atomic E-state index is 0.0487. The van der Waals surface area contributed by atoms with E-state index in [0.29, 0.717) is 12.5 Å². The smallest absolute Gasteiger partial charge is 0.238 e. The minimum absolute atomic E-state index is 0.0487. The third-order valence-electron chi connectivity index (χ3n) is 5.04. The molecule has 1 amide bonds. The fraction of sp³-hybridized carbons (Fsp3) is 0.500. The summed E-state index contributed by atoms with van der Waals surface area (Å²) in [5.74, 6) is 0.729. The summed E-state index contributed by atoms with van der Waals surface area (Å²) in [7, 11) is 1.85. The van der Waals surface area contributed by atoms with E-state index >= 15 is 0 Å². The Morgan fingerprint density at radius 1 is 1.36 bits per heavy atom. The Morgan fingerprint density at radius 3 is 2.96 bits per heavy atom. The molecule has 1 saturated heterocycles. The molecule has 3 rings (SSSR count). The van der Waals surface area contributed by atoms with Crippen molar-refractivity contribution in [3.63, 3.8) is 0 Å². The second-order valence-corrected chi connectivity index (χ2v) is 7.16. The zero-order valence-corrected chi connectivity index (χ0v) is 15.2. The SMILES string of the molecule is Cc1ccccc1CC[C@@H]1CCCN(CC(=O)Nc2cnn(C)c2)C1. The molecule has 0 aliphatic carbocycles. The van der Waals surface area contributed by atoms with Crippen LogP contribution in [0.15, 0.2) is 36.7 Å². The van der Waals surface area contributed by atoms with Gasteiger partial charge in [0.25, 0.3) is 0 Å². The fourth-order valence-electron chi connectivity index (χ4n) is 3.67. The Balaban J connectivity index is 1.46. The first-order valence-corrected chi connectivity index (χ1v) is 9.15. The van der Waals surface area contributed by atoms with E-state index < -0.39 is 0 Å². The lowest BCUT2D eigenvalue weighted by Crippen LogP contribution is -2.40. The molecule has 0 bridgehead atoms. The van der Waals surface area contributed by atoms with Gasteiger partial charge in [-0.1, -0.05) is 24.3 Å². The maximum Gasteiger partial charge on any atom is 0.238 e. The summed E-state index contributed by atoms with van der Waals surface area (Å²) >= 11 is 0. The van der Waals surface area contributed by atoms with Crippen LogP contribution in [0.2, 0.25) is 0 Å². The quantitative estimate of drug-likeness (QED) is 0.879. The van der Waals surface area contributed by atoms with E-state index in [4.69, 9.17) is 0 Å². The van der Waals surface area contributed by atoms with Crippen LogP contribution < -0.4 is 5.32 Å². The predicted octanol–water partition coefficient (Wildman–Crippen LogP) is 3.01. The van der Waals surface area contributed by atoms with Gasteiger partial charge in [-0.15, -0.1) is 0 Å². The van der Waals surface area contributed by atoms with Gasteiger partial charge < -0.3 is 5.32 Å². The van der Waals surface area contributed by atoms with E-state index in [9.17, 15) is 4.79 Å². The van der Waals surface area contributed by atoms with Crippen LogP contribution in [-0.4, -0.2) is 40.2 Å².